The summed E-state index contributed by atoms with van der Waals surface area (Å²) in [6.45, 7) is 0. The molecule has 1 atom stereocenters. The van der Waals surface area contributed by atoms with Gasteiger partial charge in [0.1, 0.15) is 0 Å². The van der Waals surface area contributed by atoms with E-state index >= 15 is 0 Å². The van der Waals surface area contributed by atoms with Crippen molar-refractivity contribution < 1.29 is 0 Å². The van der Waals surface area contributed by atoms with Crippen molar-refractivity contribution in [1.29, 1.82) is 0 Å². The standard InChI is InChI=1S/C19H30Cl2/c20-17-13-8-6-4-2-1-3-5-7-12-16-19(21)18-14-10-9-11-15-18/h9-11,14-15,19H,1-8,12-13,16-17H2. The summed E-state index contributed by atoms with van der Waals surface area (Å²) in [4.78, 5) is 0. The van der Waals surface area contributed by atoms with E-state index in [1.165, 1.54) is 69.8 Å². The normalized spacial score (nSPS) is 12.5. The molecule has 0 spiro atoms. The van der Waals surface area contributed by atoms with E-state index in [4.69, 9.17) is 23.2 Å². The van der Waals surface area contributed by atoms with E-state index in [1.54, 1.807) is 0 Å². The Bertz CT molecular complexity index is 324. The topological polar surface area (TPSA) is 0 Å². The largest absolute Gasteiger partial charge is 0.127 e. The van der Waals surface area contributed by atoms with Crippen molar-refractivity contribution in [3.05, 3.63) is 35.9 Å². The van der Waals surface area contributed by atoms with Gasteiger partial charge >= 0.3 is 0 Å². The lowest BCUT2D eigenvalue weighted by atomic mass is 10.0. The van der Waals surface area contributed by atoms with Crippen molar-refractivity contribution in [2.75, 3.05) is 5.88 Å². The molecule has 1 aromatic rings. The summed E-state index contributed by atoms with van der Waals surface area (Å²) >= 11 is 12.1. The van der Waals surface area contributed by atoms with E-state index in [0.29, 0.717) is 0 Å². The van der Waals surface area contributed by atoms with E-state index in [1.807, 2.05) is 6.07 Å². The van der Waals surface area contributed by atoms with Crippen LogP contribution in [0.5, 0.6) is 0 Å². The van der Waals surface area contributed by atoms with Gasteiger partial charge in [-0.2, -0.15) is 0 Å². The zero-order valence-electron chi connectivity index (χ0n) is 13.2. The Balaban J connectivity index is 1.86. The van der Waals surface area contributed by atoms with Gasteiger partial charge in [0.05, 0.1) is 5.38 Å². The SMILES string of the molecule is ClCCCCCCCCCCCCC(Cl)c1ccccc1. The Morgan fingerprint density at radius 1 is 0.667 bits per heavy atom. The molecule has 0 N–H and O–H groups in total. The molecule has 120 valence electrons. The fraction of sp³-hybridized carbons (Fsp3) is 0.684. The molecule has 21 heavy (non-hydrogen) atoms. The molecule has 1 unspecified atom stereocenters. The van der Waals surface area contributed by atoms with Crippen LogP contribution in [0.25, 0.3) is 0 Å². The number of hydrogen-bond donors (Lipinski definition) is 0. The molecule has 0 amide bonds. The third-order valence-corrected chi connectivity index (χ3v) is 4.74. The Hall–Kier alpha value is -0.200. The summed E-state index contributed by atoms with van der Waals surface area (Å²) < 4.78 is 0. The van der Waals surface area contributed by atoms with Gasteiger partial charge in [-0.3, -0.25) is 0 Å². The molecule has 1 rings (SSSR count). The van der Waals surface area contributed by atoms with Crippen LogP contribution in [0.15, 0.2) is 30.3 Å². The molecule has 0 radical (unpaired) electrons. The number of rotatable bonds is 13. The summed E-state index contributed by atoms with van der Waals surface area (Å²) in [5, 5.41) is 0.188. The maximum absolute atomic E-state index is 6.42. The first-order valence-electron chi connectivity index (χ1n) is 8.59. The monoisotopic (exact) mass is 328 g/mol. The van der Waals surface area contributed by atoms with Gasteiger partial charge in [-0.1, -0.05) is 88.1 Å². The van der Waals surface area contributed by atoms with Crippen LogP contribution in [0.1, 0.15) is 81.6 Å². The average molecular weight is 329 g/mol. The van der Waals surface area contributed by atoms with E-state index in [2.05, 4.69) is 24.3 Å². The van der Waals surface area contributed by atoms with Crippen LogP contribution in [0, 0.1) is 0 Å². The molecule has 2 heteroatoms. The van der Waals surface area contributed by atoms with Crippen molar-refractivity contribution in [2.45, 2.75) is 76.0 Å². The molecular formula is C19H30Cl2. The first-order chi connectivity index (χ1) is 10.3. The molecule has 0 fully saturated rings. The maximum atomic E-state index is 6.42. The summed E-state index contributed by atoms with van der Waals surface area (Å²) in [7, 11) is 0. The highest BCUT2D eigenvalue weighted by molar-refractivity contribution is 6.20. The van der Waals surface area contributed by atoms with E-state index in [0.717, 1.165) is 12.3 Å². The zero-order valence-corrected chi connectivity index (χ0v) is 14.7. The van der Waals surface area contributed by atoms with Gasteiger partial charge in [-0.05, 0) is 18.4 Å². The first-order valence-corrected chi connectivity index (χ1v) is 9.56. The molecule has 0 heterocycles. The Labute approximate surface area is 141 Å². The lowest BCUT2D eigenvalue weighted by Crippen LogP contribution is -1.90. The van der Waals surface area contributed by atoms with Crippen molar-refractivity contribution in [1.82, 2.24) is 0 Å². The second-order valence-corrected chi connectivity index (χ2v) is 6.80. The smallest absolute Gasteiger partial charge is 0.0585 e. The lowest BCUT2D eigenvalue weighted by Gasteiger charge is -2.09. The number of halogens is 2. The van der Waals surface area contributed by atoms with Crippen LogP contribution in [0.2, 0.25) is 0 Å². The minimum Gasteiger partial charge on any atom is -0.127 e. The van der Waals surface area contributed by atoms with E-state index in [9.17, 15) is 0 Å². The molecular weight excluding hydrogens is 299 g/mol. The van der Waals surface area contributed by atoms with Gasteiger partial charge < -0.3 is 0 Å². The molecule has 0 nitrogen and oxygen atoms in total. The van der Waals surface area contributed by atoms with Crippen LogP contribution >= 0.6 is 23.2 Å². The number of hydrogen-bond acceptors (Lipinski definition) is 0. The van der Waals surface area contributed by atoms with Gasteiger partial charge in [0, 0.05) is 5.88 Å². The fourth-order valence-corrected chi connectivity index (χ4v) is 3.15. The third kappa shape index (κ3) is 10.2. The predicted octanol–water partition coefficient (Wildman–Crippen LogP) is 7.50. The maximum Gasteiger partial charge on any atom is 0.0585 e. The van der Waals surface area contributed by atoms with Gasteiger partial charge in [0.2, 0.25) is 0 Å². The highest BCUT2D eigenvalue weighted by Crippen LogP contribution is 2.26. The van der Waals surface area contributed by atoms with Crippen molar-refractivity contribution in [3.8, 4) is 0 Å². The van der Waals surface area contributed by atoms with Gasteiger partial charge in [-0.15, -0.1) is 23.2 Å². The molecule has 0 aromatic heterocycles. The minimum atomic E-state index is 0.188. The molecule has 0 saturated heterocycles. The second-order valence-electron chi connectivity index (χ2n) is 5.89. The van der Waals surface area contributed by atoms with E-state index in [-0.39, 0.29) is 5.38 Å². The third-order valence-electron chi connectivity index (χ3n) is 4.00. The quantitative estimate of drug-likeness (QED) is 0.260. The van der Waals surface area contributed by atoms with Crippen LogP contribution in [-0.2, 0) is 0 Å². The molecule has 0 saturated carbocycles. The molecule has 1 aromatic carbocycles. The molecule has 0 aliphatic heterocycles. The second kappa shape index (κ2) is 13.5. The Morgan fingerprint density at radius 3 is 1.67 bits per heavy atom. The summed E-state index contributed by atoms with van der Waals surface area (Å²) in [6, 6.07) is 10.4. The van der Waals surface area contributed by atoms with Gasteiger partial charge in [0.25, 0.3) is 0 Å². The van der Waals surface area contributed by atoms with Crippen LogP contribution in [0.4, 0.5) is 0 Å². The summed E-state index contributed by atoms with van der Waals surface area (Å²) in [6.07, 6.45) is 14.4. The van der Waals surface area contributed by atoms with Crippen LogP contribution in [0.3, 0.4) is 0 Å². The Morgan fingerprint density at radius 2 is 1.14 bits per heavy atom. The van der Waals surface area contributed by atoms with Crippen molar-refractivity contribution >= 4 is 23.2 Å². The lowest BCUT2D eigenvalue weighted by molar-refractivity contribution is 0.548. The molecule has 0 aliphatic rings. The summed E-state index contributed by atoms with van der Waals surface area (Å²) in [5.41, 5.74) is 1.26. The predicted molar refractivity (Wildman–Crippen MR) is 96.5 cm³/mol. The minimum absolute atomic E-state index is 0.188. The number of benzene rings is 1. The average Bonchev–Trinajstić information content (AvgIpc) is 2.53. The number of unbranched alkanes of at least 4 members (excludes halogenated alkanes) is 9. The Kier molecular flexibility index (Phi) is 12.1. The highest BCUT2D eigenvalue weighted by Gasteiger charge is 2.06. The van der Waals surface area contributed by atoms with Crippen molar-refractivity contribution in [2.24, 2.45) is 0 Å². The van der Waals surface area contributed by atoms with Crippen LogP contribution < -0.4 is 0 Å². The van der Waals surface area contributed by atoms with Gasteiger partial charge in [-0.25, -0.2) is 0 Å². The zero-order chi connectivity index (χ0) is 15.2. The highest BCUT2D eigenvalue weighted by atomic mass is 35.5. The van der Waals surface area contributed by atoms with E-state index < -0.39 is 0 Å². The van der Waals surface area contributed by atoms with Gasteiger partial charge in [0.15, 0.2) is 0 Å². The fourth-order valence-electron chi connectivity index (χ4n) is 2.66. The molecule has 0 bridgehead atoms. The van der Waals surface area contributed by atoms with Crippen molar-refractivity contribution in [3.63, 3.8) is 0 Å². The van der Waals surface area contributed by atoms with Crippen LogP contribution in [-0.4, -0.2) is 5.88 Å². The first kappa shape index (κ1) is 18.8. The molecule has 0 aliphatic carbocycles. The number of alkyl halides is 2. The summed E-state index contributed by atoms with van der Waals surface area (Å²) in [5.74, 6) is 0.824.